The van der Waals surface area contributed by atoms with Gasteiger partial charge in [-0.25, -0.2) is 9.37 Å². The van der Waals surface area contributed by atoms with Gasteiger partial charge in [0.2, 0.25) is 5.91 Å². The average molecular weight is 371 g/mol. The first kappa shape index (κ1) is 16.8. The van der Waals surface area contributed by atoms with Gasteiger partial charge >= 0.3 is 0 Å². The fourth-order valence-corrected chi connectivity index (χ4v) is 3.92. The maximum atomic E-state index is 13.3. The van der Waals surface area contributed by atoms with E-state index in [4.69, 9.17) is 4.74 Å². The van der Waals surface area contributed by atoms with Crippen molar-refractivity contribution in [3.8, 4) is 5.75 Å². The van der Waals surface area contributed by atoms with Crippen molar-refractivity contribution >= 4 is 38.3 Å². The summed E-state index contributed by atoms with van der Waals surface area (Å²) in [6.07, 6.45) is 0. The van der Waals surface area contributed by atoms with E-state index in [-0.39, 0.29) is 17.6 Å². The van der Waals surface area contributed by atoms with Crippen LogP contribution in [-0.4, -0.2) is 30.6 Å². The zero-order valence-corrected chi connectivity index (χ0v) is 15.1. The van der Waals surface area contributed by atoms with E-state index in [0.717, 1.165) is 15.3 Å². The molecule has 134 valence electrons. The molecule has 0 unspecified atom stereocenters. The number of halogens is 1. The van der Waals surface area contributed by atoms with E-state index in [9.17, 15) is 9.18 Å². The van der Waals surface area contributed by atoms with Gasteiger partial charge in [0.15, 0.2) is 5.13 Å². The van der Waals surface area contributed by atoms with Gasteiger partial charge < -0.3 is 15.0 Å². The van der Waals surface area contributed by atoms with E-state index >= 15 is 0 Å². The molecule has 0 atom stereocenters. The molecule has 7 heteroatoms. The second-order valence-electron chi connectivity index (χ2n) is 6.13. The Kier molecular flexibility index (Phi) is 4.46. The van der Waals surface area contributed by atoms with Crippen molar-refractivity contribution in [1.29, 1.82) is 0 Å². The van der Waals surface area contributed by atoms with Crippen molar-refractivity contribution in [1.82, 2.24) is 4.98 Å². The van der Waals surface area contributed by atoms with Gasteiger partial charge in [0.1, 0.15) is 11.6 Å². The molecular formula is C19H18FN3O2S. The second kappa shape index (κ2) is 6.92. The number of carbonyl (C=O) groups excluding carboxylic acids is 1. The van der Waals surface area contributed by atoms with Crippen molar-refractivity contribution in [3.05, 3.63) is 48.3 Å². The van der Waals surface area contributed by atoms with Crippen LogP contribution in [-0.2, 0) is 4.79 Å². The molecule has 26 heavy (non-hydrogen) atoms. The minimum absolute atomic E-state index is 0.0273. The van der Waals surface area contributed by atoms with Crippen LogP contribution >= 0.6 is 11.3 Å². The Morgan fingerprint density at radius 2 is 2.15 bits per heavy atom. The van der Waals surface area contributed by atoms with Gasteiger partial charge in [-0.1, -0.05) is 23.5 Å². The van der Waals surface area contributed by atoms with E-state index < -0.39 is 0 Å². The predicted octanol–water partition coefficient (Wildman–Crippen LogP) is 3.91. The first-order chi connectivity index (χ1) is 12.6. The number of anilines is 2. The normalized spacial score (nSPS) is 14.3. The highest BCUT2D eigenvalue weighted by atomic mass is 32.1. The Balaban J connectivity index is 1.40. The van der Waals surface area contributed by atoms with Crippen LogP contribution in [0.25, 0.3) is 10.2 Å². The van der Waals surface area contributed by atoms with Gasteiger partial charge in [-0.15, -0.1) is 0 Å². The van der Waals surface area contributed by atoms with Crippen LogP contribution in [0.4, 0.5) is 15.2 Å². The Labute approximate surface area is 154 Å². The van der Waals surface area contributed by atoms with Gasteiger partial charge in [-0.3, -0.25) is 4.79 Å². The van der Waals surface area contributed by atoms with Gasteiger partial charge in [0, 0.05) is 13.1 Å². The second-order valence-corrected chi connectivity index (χ2v) is 7.14. The number of carbonyl (C=O) groups is 1. The molecule has 4 rings (SSSR count). The summed E-state index contributed by atoms with van der Waals surface area (Å²) >= 11 is 1.45. The topological polar surface area (TPSA) is 54.5 Å². The SMILES string of the molecule is CCOc1ccccc1NC(=O)C1CN(c2nc3ccc(F)cc3s2)C1. The number of hydrogen-bond donors (Lipinski definition) is 1. The first-order valence-electron chi connectivity index (χ1n) is 8.48. The summed E-state index contributed by atoms with van der Waals surface area (Å²) in [5, 5.41) is 3.77. The minimum Gasteiger partial charge on any atom is -0.492 e. The largest absolute Gasteiger partial charge is 0.492 e. The van der Waals surface area contributed by atoms with Crippen molar-refractivity contribution in [3.63, 3.8) is 0 Å². The number of rotatable bonds is 5. The molecule has 5 nitrogen and oxygen atoms in total. The summed E-state index contributed by atoms with van der Waals surface area (Å²) in [4.78, 5) is 19.0. The predicted molar refractivity (Wildman–Crippen MR) is 102 cm³/mol. The highest BCUT2D eigenvalue weighted by Gasteiger charge is 2.34. The fourth-order valence-electron chi connectivity index (χ4n) is 2.91. The van der Waals surface area contributed by atoms with Gasteiger partial charge in [-0.05, 0) is 37.3 Å². The number of para-hydroxylation sites is 2. The van der Waals surface area contributed by atoms with Crippen LogP contribution in [0.5, 0.6) is 5.75 Å². The maximum absolute atomic E-state index is 13.3. The number of aromatic nitrogens is 1. The lowest BCUT2D eigenvalue weighted by Crippen LogP contribution is -2.52. The van der Waals surface area contributed by atoms with E-state index in [2.05, 4.69) is 10.3 Å². The van der Waals surface area contributed by atoms with E-state index in [0.29, 0.717) is 31.1 Å². The first-order valence-corrected chi connectivity index (χ1v) is 9.29. The number of fused-ring (bicyclic) bond motifs is 1. The molecule has 1 fully saturated rings. The third kappa shape index (κ3) is 3.22. The molecule has 1 aliphatic rings. The molecule has 1 N–H and O–H groups in total. The number of hydrogen-bond acceptors (Lipinski definition) is 5. The van der Waals surface area contributed by atoms with Crippen LogP contribution in [0.2, 0.25) is 0 Å². The van der Waals surface area contributed by atoms with Crippen molar-refractivity contribution < 1.29 is 13.9 Å². The number of nitrogens with zero attached hydrogens (tertiary/aromatic N) is 2. The summed E-state index contributed by atoms with van der Waals surface area (Å²) in [6, 6.07) is 12.0. The summed E-state index contributed by atoms with van der Waals surface area (Å²) in [5.41, 5.74) is 1.47. The maximum Gasteiger partial charge on any atom is 0.231 e. The highest BCUT2D eigenvalue weighted by Crippen LogP contribution is 2.34. The van der Waals surface area contributed by atoms with Crippen LogP contribution in [0.15, 0.2) is 42.5 Å². The van der Waals surface area contributed by atoms with Crippen LogP contribution < -0.4 is 15.0 Å². The number of benzene rings is 2. The van der Waals surface area contributed by atoms with E-state index in [1.54, 1.807) is 6.07 Å². The van der Waals surface area contributed by atoms with Crippen molar-refractivity contribution in [2.75, 3.05) is 29.9 Å². The lowest BCUT2D eigenvalue weighted by Gasteiger charge is -2.38. The van der Waals surface area contributed by atoms with Crippen molar-refractivity contribution in [2.45, 2.75) is 6.92 Å². The number of nitrogens with one attached hydrogen (secondary N) is 1. The molecule has 1 aromatic heterocycles. The Hall–Kier alpha value is -2.67. The lowest BCUT2D eigenvalue weighted by atomic mass is 10.00. The molecule has 0 saturated carbocycles. The third-order valence-electron chi connectivity index (χ3n) is 4.31. The Morgan fingerprint density at radius 1 is 1.35 bits per heavy atom. The third-order valence-corrected chi connectivity index (χ3v) is 5.39. The number of thiazole rings is 1. The summed E-state index contributed by atoms with van der Waals surface area (Å²) in [7, 11) is 0. The van der Waals surface area contributed by atoms with Crippen LogP contribution in [0.1, 0.15) is 6.92 Å². The molecule has 0 aliphatic carbocycles. The van der Waals surface area contributed by atoms with Crippen LogP contribution in [0.3, 0.4) is 0 Å². The molecule has 3 aromatic rings. The van der Waals surface area contributed by atoms with E-state index in [1.165, 1.54) is 23.5 Å². The zero-order valence-electron chi connectivity index (χ0n) is 14.2. The molecule has 2 heterocycles. The molecule has 2 aromatic carbocycles. The van der Waals surface area contributed by atoms with Crippen LogP contribution in [0, 0.1) is 11.7 Å². The molecule has 1 amide bonds. The van der Waals surface area contributed by atoms with Gasteiger partial charge in [-0.2, -0.15) is 0 Å². The van der Waals surface area contributed by atoms with Crippen molar-refractivity contribution in [2.24, 2.45) is 5.92 Å². The number of ether oxygens (including phenoxy) is 1. The monoisotopic (exact) mass is 371 g/mol. The number of amides is 1. The molecule has 1 saturated heterocycles. The minimum atomic E-state index is -0.262. The highest BCUT2D eigenvalue weighted by molar-refractivity contribution is 7.22. The molecule has 1 aliphatic heterocycles. The van der Waals surface area contributed by atoms with Gasteiger partial charge in [0.25, 0.3) is 0 Å². The molecular weight excluding hydrogens is 353 g/mol. The lowest BCUT2D eigenvalue weighted by molar-refractivity contribution is -0.120. The van der Waals surface area contributed by atoms with E-state index in [1.807, 2.05) is 36.1 Å². The average Bonchev–Trinajstić information content (AvgIpc) is 2.98. The molecule has 0 spiro atoms. The smallest absolute Gasteiger partial charge is 0.231 e. The van der Waals surface area contributed by atoms with Gasteiger partial charge in [0.05, 0.1) is 28.4 Å². The fraction of sp³-hybridized carbons (Fsp3) is 0.263. The summed E-state index contributed by atoms with van der Waals surface area (Å²) in [6.45, 7) is 3.66. The standard InChI is InChI=1S/C19H18FN3O2S/c1-2-25-16-6-4-3-5-14(16)21-18(24)12-10-23(11-12)19-22-15-8-7-13(20)9-17(15)26-19/h3-9,12H,2,10-11H2,1H3,(H,21,24). The summed E-state index contributed by atoms with van der Waals surface area (Å²) < 4.78 is 19.7. The molecule has 0 bridgehead atoms. The Morgan fingerprint density at radius 3 is 2.96 bits per heavy atom. The Bertz CT molecular complexity index is 953. The summed E-state index contributed by atoms with van der Waals surface area (Å²) in [5.74, 6) is 0.281. The quantitative estimate of drug-likeness (QED) is 0.739. The zero-order chi connectivity index (χ0) is 18.1. The molecule has 0 radical (unpaired) electrons.